The van der Waals surface area contributed by atoms with Crippen molar-refractivity contribution in [3.8, 4) is 11.3 Å². The summed E-state index contributed by atoms with van der Waals surface area (Å²) < 4.78 is 5.69. The Hall–Kier alpha value is -2.54. The molecule has 128 valence electrons. The van der Waals surface area contributed by atoms with Crippen molar-refractivity contribution in [1.82, 2.24) is 15.2 Å². The van der Waals surface area contributed by atoms with Crippen LogP contribution in [0.3, 0.4) is 0 Å². The van der Waals surface area contributed by atoms with E-state index in [1.165, 1.54) is 11.9 Å². The first kappa shape index (κ1) is 17.8. The van der Waals surface area contributed by atoms with Crippen LogP contribution in [-0.4, -0.2) is 40.6 Å². The second-order valence-electron chi connectivity index (χ2n) is 5.25. The van der Waals surface area contributed by atoms with Crippen molar-refractivity contribution in [2.45, 2.75) is 19.9 Å². The Bertz CT molecular complexity index is 727. The third-order valence-corrected chi connectivity index (χ3v) is 3.60. The zero-order valence-electron chi connectivity index (χ0n) is 13.4. The van der Waals surface area contributed by atoms with Crippen LogP contribution in [0, 0.1) is 6.92 Å². The van der Waals surface area contributed by atoms with Crippen molar-refractivity contribution in [3.05, 3.63) is 40.9 Å². The quantitative estimate of drug-likeness (QED) is 0.834. The minimum atomic E-state index is -0.953. The van der Waals surface area contributed by atoms with Crippen molar-refractivity contribution in [3.63, 3.8) is 0 Å². The molecule has 0 aliphatic heterocycles. The average molecular weight is 352 g/mol. The zero-order chi connectivity index (χ0) is 17.7. The molecule has 24 heavy (non-hydrogen) atoms. The molecule has 2 rings (SSSR count). The molecule has 7 nitrogen and oxygen atoms in total. The van der Waals surface area contributed by atoms with Gasteiger partial charge in [-0.1, -0.05) is 11.6 Å². The SMILES string of the molecule is Cc1nc(CNC(=O)N(C)CCC(=O)O)oc1-c1ccc(Cl)cc1. The van der Waals surface area contributed by atoms with Gasteiger partial charge in [-0.05, 0) is 31.2 Å². The number of rotatable bonds is 6. The number of aromatic nitrogens is 1. The highest BCUT2D eigenvalue weighted by Crippen LogP contribution is 2.25. The number of hydrogen-bond donors (Lipinski definition) is 2. The number of oxazole rings is 1. The van der Waals surface area contributed by atoms with Gasteiger partial charge in [-0.15, -0.1) is 0 Å². The molecule has 2 amide bonds. The second-order valence-corrected chi connectivity index (χ2v) is 5.69. The lowest BCUT2D eigenvalue weighted by Crippen LogP contribution is -2.38. The minimum absolute atomic E-state index is 0.108. The highest BCUT2D eigenvalue weighted by molar-refractivity contribution is 6.30. The minimum Gasteiger partial charge on any atom is -0.481 e. The van der Waals surface area contributed by atoms with Gasteiger partial charge in [0.05, 0.1) is 18.7 Å². The monoisotopic (exact) mass is 351 g/mol. The lowest BCUT2D eigenvalue weighted by Gasteiger charge is -2.15. The molecule has 1 aromatic carbocycles. The van der Waals surface area contributed by atoms with E-state index in [0.29, 0.717) is 22.4 Å². The molecule has 1 heterocycles. The van der Waals surface area contributed by atoms with Gasteiger partial charge in [0.25, 0.3) is 0 Å². The normalized spacial score (nSPS) is 10.5. The number of carboxylic acids is 1. The first-order valence-electron chi connectivity index (χ1n) is 7.30. The Balaban J connectivity index is 1.96. The Morgan fingerprint density at radius 1 is 1.33 bits per heavy atom. The molecule has 0 bridgehead atoms. The van der Waals surface area contributed by atoms with Crippen LogP contribution in [0.2, 0.25) is 5.02 Å². The molecule has 0 aliphatic rings. The predicted molar refractivity (Wildman–Crippen MR) is 88.8 cm³/mol. The number of amides is 2. The van der Waals surface area contributed by atoms with Crippen molar-refractivity contribution < 1.29 is 19.1 Å². The Kier molecular flexibility index (Phi) is 5.81. The third-order valence-electron chi connectivity index (χ3n) is 3.35. The van der Waals surface area contributed by atoms with E-state index in [-0.39, 0.29) is 25.5 Å². The van der Waals surface area contributed by atoms with Crippen LogP contribution in [0.1, 0.15) is 18.0 Å². The van der Waals surface area contributed by atoms with E-state index in [1.807, 2.05) is 19.1 Å². The van der Waals surface area contributed by atoms with Gasteiger partial charge < -0.3 is 19.7 Å². The Morgan fingerprint density at radius 2 is 2.00 bits per heavy atom. The molecule has 8 heteroatoms. The van der Waals surface area contributed by atoms with Crippen molar-refractivity contribution in [2.75, 3.05) is 13.6 Å². The van der Waals surface area contributed by atoms with Gasteiger partial charge in [0.15, 0.2) is 5.76 Å². The van der Waals surface area contributed by atoms with Gasteiger partial charge in [0, 0.05) is 24.2 Å². The molecular weight excluding hydrogens is 334 g/mol. The highest BCUT2D eigenvalue weighted by Gasteiger charge is 2.14. The summed E-state index contributed by atoms with van der Waals surface area (Å²) in [7, 11) is 1.53. The average Bonchev–Trinajstić information content (AvgIpc) is 2.92. The molecule has 2 aromatic rings. The van der Waals surface area contributed by atoms with Crippen LogP contribution >= 0.6 is 11.6 Å². The number of nitrogens with one attached hydrogen (secondary N) is 1. The number of aliphatic carboxylic acids is 1. The van der Waals surface area contributed by atoms with Gasteiger partial charge in [0.1, 0.15) is 0 Å². The number of halogens is 1. The lowest BCUT2D eigenvalue weighted by atomic mass is 10.1. The maximum absolute atomic E-state index is 11.9. The van der Waals surface area contributed by atoms with Gasteiger partial charge in [0.2, 0.25) is 5.89 Å². The van der Waals surface area contributed by atoms with E-state index in [0.717, 1.165) is 5.56 Å². The molecule has 2 N–H and O–H groups in total. The first-order chi connectivity index (χ1) is 11.4. The molecule has 0 aliphatic carbocycles. The summed E-state index contributed by atoms with van der Waals surface area (Å²) in [5.74, 6) is 0.0400. The zero-order valence-corrected chi connectivity index (χ0v) is 14.1. The molecule has 0 radical (unpaired) electrons. The number of urea groups is 1. The fourth-order valence-electron chi connectivity index (χ4n) is 2.05. The molecule has 0 saturated heterocycles. The van der Waals surface area contributed by atoms with E-state index in [4.69, 9.17) is 21.1 Å². The van der Waals surface area contributed by atoms with Crippen LogP contribution in [0.15, 0.2) is 28.7 Å². The molecule has 0 unspecified atom stereocenters. The third kappa shape index (κ3) is 4.73. The molecular formula is C16H18ClN3O4. The molecule has 0 fully saturated rings. The van der Waals surface area contributed by atoms with E-state index >= 15 is 0 Å². The number of aryl methyl sites for hydroxylation is 1. The summed E-state index contributed by atoms with van der Waals surface area (Å²) in [5.41, 5.74) is 1.56. The highest BCUT2D eigenvalue weighted by atomic mass is 35.5. The standard InChI is InChI=1S/C16H18ClN3O4/c1-10-15(11-3-5-12(17)6-4-11)24-13(19-10)9-18-16(23)20(2)8-7-14(21)22/h3-6H,7-9H2,1-2H3,(H,18,23)(H,21,22). The number of carbonyl (C=O) groups excluding carboxylic acids is 1. The van der Waals surface area contributed by atoms with Crippen LogP contribution in [0.25, 0.3) is 11.3 Å². The van der Waals surface area contributed by atoms with E-state index in [1.54, 1.807) is 12.1 Å². The summed E-state index contributed by atoms with van der Waals surface area (Å²) in [5, 5.41) is 11.9. The largest absolute Gasteiger partial charge is 0.481 e. The summed E-state index contributed by atoms with van der Waals surface area (Å²) in [6, 6.07) is 6.80. The van der Waals surface area contributed by atoms with Crippen molar-refractivity contribution in [2.24, 2.45) is 0 Å². The van der Waals surface area contributed by atoms with Gasteiger partial charge in [-0.2, -0.15) is 0 Å². The summed E-state index contributed by atoms with van der Waals surface area (Å²) in [6.07, 6.45) is -0.108. The van der Waals surface area contributed by atoms with Crippen molar-refractivity contribution >= 4 is 23.6 Å². The lowest BCUT2D eigenvalue weighted by molar-refractivity contribution is -0.137. The van der Waals surface area contributed by atoms with E-state index in [2.05, 4.69) is 10.3 Å². The fourth-order valence-corrected chi connectivity index (χ4v) is 2.17. The molecule has 0 atom stereocenters. The maximum Gasteiger partial charge on any atom is 0.317 e. The van der Waals surface area contributed by atoms with Crippen LogP contribution in [0.4, 0.5) is 4.79 Å². The summed E-state index contributed by atoms with van der Waals surface area (Å²) >= 11 is 5.87. The van der Waals surface area contributed by atoms with E-state index in [9.17, 15) is 9.59 Å². The second kappa shape index (κ2) is 7.83. The predicted octanol–water partition coefficient (Wildman–Crippen LogP) is 2.92. The van der Waals surface area contributed by atoms with Crippen molar-refractivity contribution in [1.29, 1.82) is 0 Å². The molecule has 1 aromatic heterocycles. The topological polar surface area (TPSA) is 95.7 Å². The van der Waals surface area contributed by atoms with Crippen LogP contribution in [-0.2, 0) is 11.3 Å². The number of carboxylic acid groups (broad SMARTS) is 1. The fraction of sp³-hybridized carbons (Fsp3) is 0.312. The number of carbonyl (C=O) groups is 2. The Labute approximate surface area is 144 Å². The summed E-state index contributed by atoms with van der Waals surface area (Å²) in [4.78, 5) is 28.0. The van der Waals surface area contributed by atoms with Crippen LogP contribution < -0.4 is 5.32 Å². The smallest absolute Gasteiger partial charge is 0.317 e. The van der Waals surface area contributed by atoms with E-state index < -0.39 is 5.97 Å². The first-order valence-corrected chi connectivity index (χ1v) is 7.67. The molecule has 0 saturated carbocycles. The number of benzene rings is 1. The van der Waals surface area contributed by atoms with Gasteiger partial charge >= 0.3 is 12.0 Å². The van der Waals surface area contributed by atoms with Crippen LogP contribution in [0.5, 0.6) is 0 Å². The number of nitrogens with zero attached hydrogens (tertiary/aromatic N) is 2. The molecule has 0 spiro atoms. The van der Waals surface area contributed by atoms with Gasteiger partial charge in [-0.25, -0.2) is 9.78 Å². The summed E-state index contributed by atoms with van der Waals surface area (Å²) in [6.45, 7) is 2.06. The Morgan fingerprint density at radius 3 is 2.62 bits per heavy atom. The van der Waals surface area contributed by atoms with Gasteiger partial charge in [-0.3, -0.25) is 4.79 Å². The maximum atomic E-state index is 11.9. The number of hydrogen-bond acceptors (Lipinski definition) is 4.